The van der Waals surface area contributed by atoms with Crippen molar-refractivity contribution in [3.8, 4) is 6.07 Å². The first-order chi connectivity index (χ1) is 9.20. The van der Waals surface area contributed by atoms with E-state index in [0.717, 1.165) is 16.9 Å². The first-order valence-electron chi connectivity index (χ1n) is 6.22. The molecule has 0 aliphatic heterocycles. The van der Waals surface area contributed by atoms with Gasteiger partial charge >= 0.3 is 0 Å². The summed E-state index contributed by atoms with van der Waals surface area (Å²) in [5, 5.41) is 9.18. The van der Waals surface area contributed by atoms with Gasteiger partial charge in [-0.05, 0) is 24.6 Å². The molecule has 0 saturated carbocycles. The van der Waals surface area contributed by atoms with Crippen LogP contribution in [0.4, 0.5) is 0 Å². The number of nitrogens with zero attached hydrogens (tertiary/aromatic N) is 1. The number of aryl methyl sites for hydroxylation is 2. The zero-order chi connectivity index (χ0) is 13.7. The van der Waals surface area contributed by atoms with E-state index in [9.17, 15) is 10.1 Å². The maximum absolute atomic E-state index is 12.1. The minimum Gasteiger partial charge on any atom is -0.469 e. The Hall–Kier alpha value is -2.34. The lowest BCUT2D eigenvalue weighted by atomic mass is 9.93. The molecule has 0 saturated heterocycles. The van der Waals surface area contributed by atoms with Crippen molar-refractivity contribution in [3.63, 3.8) is 0 Å². The molecule has 96 valence electrons. The molecule has 0 bridgehead atoms. The second-order valence-electron chi connectivity index (χ2n) is 4.52. The molecule has 19 heavy (non-hydrogen) atoms. The average molecular weight is 253 g/mol. The number of carbonyl (C=O) groups excluding carboxylic acids is 1. The summed E-state index contributed by atoms with van der Waals surface area (Å²) in [4.78, 5) is 12.1. The van der Waals surface area contributed by atoms with Crippen LogP contribution in [0.2, 0.25) is 0 Å². The summed E-state index contributed by atoms with van der Waals surface area (Å²) in [6, 6.07) is 13.2. The molecule has 0 N–H and O–H groups in total. The number of rotatable bonds is 5. The number of ketones is 1. The molecule has 0 amide bonds. The number of hydrogen-bond donors (Lipinski definition) is 0. The Kier molecular flexibility index (Phi) is 4.15. The summed E-state index contributed by atoms with van der Waals surface area (Å²) in [6.45, 7) is 1.98. The van der Waals surface area contributed by atoms with E-state index in [0.29, 0.717) is 12.8 Å². The lowest BCUT2D eigenvalue weighted by Gasteiger charge is -2.08. The summed E-state index contributed by atoms with van der Waals surface area (Å²) in [7, 11) is 0. The number of Topliss-reactive ketones (excluding diaryl/α,β-unsaturated/α-hetero) is 1. The van der Waals surface area contributed by atoms with Gasteiger partial charge in [-0.3, -0.25) is 4.79 Å². The van der Waals surface area contributed by atoms with Gasteiger partial charge in [-0.15, -0.1) is 0 Å². The Morgan fingerprint density at radius 1 is 1.32 bits per heavy atom. The molecule has 0 fully saturated rings. The van der Waals surface area contributed by atoms with Gasteiger partial charge in [0.25, 0.3) is 0 Å². The van der Waals surface area contributed by atoms with Gasteiger partial charge in [0.2, 0.25) is 0 Å². The lowest BCUT2D eigenvalue weighted by Crippen LogP contribution is -2.11. The summed E-state index contributed by atoms with van der Waals surface area (Å²) in [6.07, 6.45) is 2.44. The van der Waals surface area contributed by atoms with Crippen molar-refractivity contribution in [1.82, 2.24) is 0 Å². The van der Waals surface area contributed by atoms with Crippen LogP contribution >= 0.6 is 0 Å². The fourth-order valence-corrected chi connectivity index (χ4v) is 1.94. The topological polar surface area (TPSA) is 54.0 Å². The van der Waals surface area contributed by atoms with Gasteiger partial charge in [0, 0.05) is 12.8 Å². The Labute approximate surface area is 112 Å². The van der Waals surface area contributed by atoms with Crippen molar-refractivity contribution >= 4 is 5.78 Å². The molecule has 0 spiro atoms. The van der Waals surface area contributed by atoms with E-state index in [4.69, 9.17) is 4.42 Å². The van der Waals surface area contributed by atoms with Crippen LogP contribution in [0, 0.1) is 18.3 Å². The fraction of sp³-hybridized carbons (Fsp3) is 0.250. The highest BCUT2D eigenvalue weighted by Gasteiger charge is 2.19. The van der Waals surface area contributed by atoms with Gasteiger partial charge in [0.1, 0.15) is 11.7 Å². The molecule has 2 rings (SSSR count). The van der Waals surface area contributed by atoms with Gasteiger partial charge < -0.3 is 4.42 Å². The van der Waals surface area contributed by atoms with Crippen LogP contribution in [0.25, 0.3) is 0 Å². The molecule has 2 aromatic rings. The molecule has 3 nitrogen and oxygen atoms in total. The molecular formula is C16H15NO2. The third kappa shape index (κ3) is 3.32. The van der Waals surface area contributed by atoms with E-state index in [2.05, 4.69) is 6.07 Å². The van der Waals surface area contributed by atoms with Crippen molar-refractivity contribution in [2.45, 2.75) is 25.7 Å². The minimum absolute atomic E-state index is 0.0669. The Bertz CT molecular complexity index is 576. The third-order valence-electron chi connectivity index (χ3n) is 3.06. The Balaban J connectivity index is 2.03. The van der Waals surface area contributed by atoms with E-state index in [-0.39, 0.29) is 5.78 Å². The van der Waals surface area contributed by atoms with E-state index >= 15 is 0 Å². The van der Waals surface area contributed by atoms with E-state index in [1.807, 2.05) is 37.3 Å². The highest BCUT2D eigenvalue weighted by molar-refractivity contribution is 5.88. The maximum Gasteiger partial charge on any atom is 0.154 e. The molecule has 1 atom stereocenters. The van der Waals surface area contributed by atoms with Gasteiger partial charge in [0.05, 0.1) is 12.3 Å². The number of hydrogen-bond acceptors (Lipinski definition) is 3. The first kappa shape index (κ1) is 13.1. The van der Waals surface area contributed by atoms with Gasteiger partial charge in [-0.1, -0.05) is 29.8 Å². The summed E-state index contributed by atoms with van der Waals surface area (Å²) in [5.74, 6) is 0.0206. The SMILES string of the molecule is Cc1ccc(C(C#N)C(=O)CCc2ccco2)cc1. The average Bonchev–Trinajstić information content (AvgIpc) is 2.92. The van der Waals surface area contributed by atoms with Crippen LogP contribution in [0.15, 0.2) is 47.1 Å². The standard InChI is InChI=1S/C16H15NO2/c1-12-4-6-13(7-5-12)15(11-17)16(18)9-8-14-3-2-10-19-14/h2-7,10,15H,8-9H2,1H3. The second kappa shape index (κ2) is 6.01. The Morgan fingerprint density at radius 3 is 2.63 bits per heavy atom. The van der Waals surface area contributed by atoms with E-state index < -0.39 is 5.92 Å². The van der Waals surface area contributed by atoms with Gasteiger partial charge in [-0.2, -0.15) is 5.26 Å². The molecule has 1 aromatic carbocycles. The molecule has 1 unspecified atom stereocenters. The zero-order valence-corrected chi connectivity index (χ0v) is 10.8. The molecule has 0 radical (unpaired) electrons. The molecule has 3 heteroatoms. The van der Waals surface area contributed by atoms with Crippen molar-refractivity contribution in [3.05, 3.63) is 59.5 Å². The first-order valence-corrected chi connectivity index (χ1v) is 6.22. The number of benzene rings is 1. The molecule has 0 aliphatic carbocycles. The summed E-state index contributed by atoms with van der Waals surface area (Å²) in [5.41, 5.74) is 1.88. The number of nitriles is 1. The summed E-state index contributed by atoms with van der Waals surface area (Å²) >= 11 is 0. The monoisotopic (exact) mass is 253 g/mol. The summed E-state index contributed by atoms with van der Waals surface area (Å²) < 4.78 is 5.18. The van der Waals surface area contributed by atoms with Crippen LogP contribution in [0.1, 0.15) is 29.2 Å². The smallest absolute Gasteiger partial charge is 0.154 e. The molecular weight excluding hydrogens is 238 g/mol. The minimum atomic E-state index is -0.685. The number of carbonyl (C=O) groups is 1. The maximum atomic E-state index is 12.1. The molecule has 0 aliphatic rings. The van der Waals surface area contributed by atoms with Crippen molar-refractivity contribution in [2.75, 3.05) is 0 Å². The zero-order valence-electron chi connectivity index (χ0n) is 10.8. The highest BCUT2D eigenvalue weighted by atomic mass is 16.3. The van der Waals surface area contributed by atoms with Crippen LogP contribution < -0.4 is 0 Å². The van der Waals surface area contributed by atoms with E-state index in [1.54, 1.807) is 12.3 Å². The van der Waals surface area contributed by atoms with Crippen molar-refractivity contribution in [1.29, 1.82) is 5.26 Å². The quantitative estimate of drug-likeness (QED) is 0.820. The lowest BCUT2D eigenvalue weighted by molar-refractivity contribution is -0.119. The van der Waals surface area contributed by atoms with Gasteiger partial charge in [0.15, 0.2) is 5.78 Å². The highest BCUT2D eigenvalue weighted by Crippen LogP contribution is 2.19. The normalized spacial score (nSPS) is 11.8. The van der Waals surface area contributed by atoms with Crippen LogP contribution in [0.3, 0.4) is 0 Å². The van der Waals surface area contributed by atoms with Gasteiger partial charge in [-0.25, -0.2) is 0 Å². The number of furan rings is 1. The van der Waals surface area contributed by atoms with Crippen molar-refractivity contribution < 1.29 is 9.21 Å². The third-order valence-corrected chi connectivity index (χ3v) is 3.06. The molecule has 1 heterocycles. The fourth-order valence-electron chi connectivity index (χ4n) is 1.94. The largest absolute Gasteiger partial charge is 0.469 e. The molecule has 1 aromatic heterocycles. The van der Waals surface area contributed by atoms with E-state index in [1.165, 1.54) is 0 Å². The predicted octanol–water partition coefficient (Wildman–Crippen LogP) is 3.40. The Morgan fingerprint density at radius 2 is 2.05 bits per heavy atom. The van der Waals surface area contributed by atoms with Crippen LogP contribution in [0.5, 0.6) is 0 Å². The van der Waals surface area contributed by atoms with Crippen LogP contribution in [-0.2, 0) is 11.2 Å². The predicted molar refractivity (Wildman–Crippen MR) is 71.6 cm³/mol. The van der Waals surface area contributed by atoms with Crippen LogP contribution in [-0.4, -0.2) is 5.78 Å². The second-order valence-corrected chi connectivity index (χ2v) is 4.52. The van der Waals surface area contributed by atoms with Crippen molar-refractivity contribution in [2.24, 2.45) is 0 Å².